The second-order valence-electron chi connectivity index (χ2n) is 7.38. The van der Waals surface area contributed by atoms with Gasteiger partial charge >= 0.3 is 0 Å². The summed E-state index contributed by atoms with van der Waals surface area (Å²) >= 11 is 6.85. The Hall–Kier alpha value is -2.72. The van der Waals surface area contributed by atoms with Crippen molar-refractivity contribution in [3.05, 3.63) is 48.2 Å². The number of aryl methyl sites for hydroxylation is 1. The van der Waals surface area contributed by atoms with E-state index in [-0.39, 0.29) is 0 Å². The van der Waals surface area contributed by atoms with E-state index in [0.29, 0.717) is 28.8 Å². The molecule has 0 aliphatic carbocycles. The number of hydrogen-bond acceptors (Lipinski definition) is 8. The highest BCUT2D eigenvalue weighted by molar-refractivity contribution is 7.99. The van der Waals surface area contributed by atoms with Crippen molar-refractivity contribution in [2.75, 3.05) is 16.8 Å². The van der Waals surface area contributed by atoms with E-state index >= 15 is 0 Å². The third-order valence-corrected chi connectivity index (χ3v) is 6.03. The summed E-state index contributed by atoms with van der Waals surface area (Å²) in [5.74, 6) is 3.01. The van der Waals surface area contributed by atoms with Gasteiger partial charge in [0.1, 0.15) is 22.4 Å². The molecule has 1 aliphatic rings. The molecule has 3 aromatic rings. The van der Waals surface area contributed by atoms with E-state index in [9.17, 15) is 0 Å². The molecule has 1 unspecified atom stereocenters. The van der Waals surface area contributed by atoms with Gasteiger partial charge < -0.3 is 20.0 Å². The van der Waals surface area contributed by atoms with Crippen LogP contribution in [-0.2, 0) is 6.54 Å². The Morgan fingerprint density at radius 2 is 2.10 bits per heavy atom. The highest BCUT2D eigenvalue weighted by Gasteiger charge is 2.21. The van der Waals surface area contributed by atoms with Crippen LogP contribution in [0, 0.1) is 6.92 Å². The van der Waals surface area contributed by atoms with Crippen LogP contribution in [-0.4, -0.2) is 37.6 Å². The normalized spacial score (nSPS) is 16.2. The fraction of sp³-hybridized carbons (Fsp3) is 0.381. The molecule has 0 spiro atoms. The molecule has 4 heterocycles. The van der Waals surface area contributed by atoms with Gasteiger partial charge in [-0.1, -0.05) is 0 Å². The van der Waals surface area contributed by atoms with Gasteiger partial charge in [0.15, 0.2) is 10.3 Å². The number of hydrogen-bond donors (Lipinski definition) is 2. The Morgan fingerprint density at radius 3 is 2.84 bits per heavy atom. The van der Waals surface area contributed by atoms with E-state index in [1.165, 1.54) is 18.2 Å². The van der Waals surface area contributed by atoms with Crippen molar-refractivity contribution >= 4 is 40.9 Å². The Bertz CT molecular complexity index is 1030. The third kappa shape index (κ3) is 5.92. The second-order valence-corrected chi connectivity index (χ2v) is 8.78. The molecule has 2 N–H and O–H groups in total. The lowest BCUT2D eigenvalue weighted by atomic mass is 10.0. The largest absolute Gasteiger partial charge is 0.465 e. The third-order valence-electron chi connectivity index (χ3n) is 4.97. The number of piperidine rings is 1. The Balaban J connectivity index is 1.52. The van der Waals surface area contributed by atoms with Gasteiger partial charge in [-0.3, -0.25) is 0 Å². The van der Waals surface area contributed by atoms with Crippen molar-refractivity contribution in [3.63, 3.8) is 0 Å². The van der Waals surface area contributed by atoms with Crippen molar-refractivity contribution < 1.29 is 4.42 Å². The molecule has 0 saturated carbocycles. The fourth-order valence-electron chi connectivity index (χ4n) is 3.43. The first-order chi connectivity index (χ1) is 15.1. The standard InChI is InChI=1S/C21H25N7OS2/c1-14-6-3-4-11-28(14)17-12-18(31-21-22-9-5-10-23-21)26-19(25-17)27-20(30)24-13-16-8-7-15(2)29-16/h5,7-10,12,14H,3-4,6,11,13H2,1-2H3,(H2,24,25,26,27,30). The summed E-state index contributed by atoms with van der Waals surface area (Å²) in [7, 11) is 0. The summed E-state index contributed by atoms with van der Waals surface area (Å²) in [6.45, 7) is 5.61. The summed E-state index contributed by atoms with van der Waals surface area (Å²) in [5, 5.41) is 8.09. The number of rotatable bonds is 6. The molecule has 0 aromatic carbocycles. The molecule has 1 fully saturated rings. The summed E-state index contributed by atoms with van der Waals surface area (Å²) < 4.78 is 5.57. The highest BCUT2D eigenvalue weighted by atomic mass is 32.2. The van der Waals surface area contributed by atoms with Crippen LogP contribution in [0.15, 0.2) is 51.3 Å². The zero-order chi connectivity index (χ0) is 21.6. The molecule has 1 aliphatic heterocycles. The minimum absolute atomic E-state index is 0.426. The van der Waals surface area contributed by atoms with Crippen molar-refractivity contribution in [1.82, 2.24) is 25.3 Å². The number of nitrogens with zero attached hydrogens (tertiary/aromatic N) is 5. The van der Waals surface area contributed by atoms with Crippen molar-refractivity contribution in [3.8, 4) is 0 Å². The lowest BCUT2D eigenvalue weighted by Gasteiger charge is -2.34. The minimum atomic E-state index is 0.426. The summed E-state index contributed by atoms with van der Waals surface area (Å²) in [5.41, 5.74) is 0. The Morgan fingerprint density at radius 1 is 1.26 bits per heavy atom. The first-order valence-corrected chi connectivity index (χ1v) is 11.5. The van der Waals surface area contributed by atoms with E-state index in [0.717, 1.165) is 41.8 Å². The quantitative estimate of drug-likeness (QED) is 0.320. The molecule has 4 rings (SSSR count). The molecule has 0 radical (unpaired) electrons. The van der Waals surface area contributed by atoms with Crippen LogP contribution in [0.2, 0.25) is 0 Å². The summed E-state index contributed by atoms with van der Waals surface area (Å²) in [6, 6.07) is 8.07. The van der Waals surface area contributed by atoms with Gasteiger partial charge in [0.05, 0.1) is 6.54 Å². The van der Waals surface area contributed by atoms with E-state index in [2.05, 4.69) is 37.4 Å². The van der Waals surface area contributed by atoms with Crippen LogP contribution in [0.3, 0.4) is 0 Å². The molecule has 0 bridgehead atoms. The van der Waals surface area contributed by atoms with E-state index in [4.69, 9.17) is 21.6 Å². The Labute approximate surface area is 191 Å². The monoisotopic (exact) mass is 455 g/mol. The predicted octanol–water partition coefficient (Wildman–Crippen LogP) is 4.18. The fourth-order valence-corrected chi connectivity index (χ4v) is 4.31. The summed E-state index contributed by atoms with van der Waals surface area (Å²) in [6.07, 6.45) is 6.99. The highest BCUT2D eigenvalue weighted by Crippen LogP contribution is 2.29. The number of anilines is 2. The molecule has 1 saturated heterocycles. The topological polar surface area (TPSA) is 92.0 Å². The zero-order valence-electron chi connectivity index (χ0n) is 17.5. The molecule has 0 amide bonds. The van der Waals surface area contributed by atoms with Crippen LogP contribution in [0.5, 0.6) is 0 Å². The maximum absolute atomic E-state index is 5.57. The van der Waals surface area contributed by atoms with Crippen molar-refractivity contribution in [2.45, 2.75) is 55.9 Å². The molecule has 8 nitrogen and oxygen atoms in total. The smallest absolute Gasteiger partial charge is 0.232 e. The molecular formula is C21H25N7OS2. The van der Waals surface area contributed by atoms with E-state index in [1.54, 1.807) is 18.5 Å². The maximum Gasteiger partial charge on any atom is 0.232 e. The maximum atomic E-state index is 5.57. The number of aromatic nitrogens is 4. The average Bonchev–Trinajstić information content (AvgIpc) is 3.18. The lowest BCUT2D eigenvalue weighted by Crippen LogP contribution is -2.38. The molecule has 10 heteroatoms. The van der Waals surface area contributed by atoms with Crippen LogP contribution in [0.1, 0.15) is 37.7 Å². The van der Waals surface area contributed by atoms with Gasteiger partial charge in [0, 0.05) is 31.0 Å². The lowest BCUT2D eigenvalue weighted by molar-refractivity contribution is 0.478. The van der Waals surface area contributed by atoms with Crippen LogP contribution < -0.4 is 15.5 Å². The minimum Gasteiger partial charge on any atom is -0.465 e. The van der Waals surface area contributed by atoms with Crippen LogP contribution in [0.25, 0.3) is 0 Å². The second kappa shape index (κ2) is 10.1. The molecule has 3 aromatic heterocycles. The number of furan rings is 1. The Kier molecular flexibility index (Phi) is 6.98. The van der Waals surface area contributed by atoms with Gasteiger partial charge in [-0.05, 0) is 75.3 Å². The van der Waals surface area contributed by atoms with Crippen molar-refractivity contribution in [1.29, 1.82) is 0 Å². The van der Waals surface area contributed by atoms with Gasteiger partial charge in [-0.2, -0.15) is 4.98 Å². The van der Waals surface area contributed by atoms with E-state index in [1.807, 2.05) is 25.1 Å². The molecular weight excluding hydrogens is 430 g/mol. The molecule has 31 heavy (non-hydrogen) atoms. The van der Waals surface area contributed by atoms with Gasteiger partial charge in [0.25, 0.3) is 0 Å². The SMILES string of the molecule is Cc1ccc(CNC(=S)Nc2nc(Sc3ncccn3)cc(N3CCCCC3C)n2)o1. The van der Waals surface area contributed by atoms with Crippen LogP contribution >= 0.6 is 24.0 Å². The molecule has 1 atom stereocenters. The van der Waals surface area contributed by atoms with Gasteiger partial charge in [-0.25, -0.2) is 15.0 Å². The van der Waals surface area contributed by atoms with Gasteiger partial charge in [0.2, 0.25) is 5.95 Å². The van der Waals surface area contributed by atoms with Gasteiger partial charge in [-0.15, -0.1) is 0 Å². The number of thiocarbonyl (C=S) groups is 1. The number of nitrogens with one attached hydrogen (secondary N) is 2. The predicted molar refractivity (Wildman–Crippen MR) is 125 cm³/mol. The molecule has 162 valence electrons. The first kappa shape index (κ1) is 21.5. The van der Waals surface area contributed by atoms with Crippen LogP contribution in [0.4, 0.5) is 11.8 Å². The average molecular weight is 456 g/mol. The van der Waals surface area contributed by atoms with E-state index < -0.39 is 0 Å². The zero-order valence-corrected chi connectivity index (χ0v) is 19.2. The first-order valence-electron chi connectivity index (χ1n) is 10.3. The van der Waals surface area contributed by atoms with Crippen molar-refractivity contribution in [2.24, 2.45) is 0 Å². The summed E-state index contributed by atoms with van der Waals surface area (Å²) in [4.78, 5) is 20.3.